The van der Waals surface area contributed by atoms with Crippen molar-refractivity contribution in [3.8, 4) is 0 Å². The number of β-lactam (4-membered cyclic amide) rings is 1. The number of carbonyl (C=O) groups excluding carboxylic acids is 4. The van der Waals surface area contributed by atoms with Gasteiger partial charge in [0, 0.05) is 60.8 Å². The van der Waals surface area contributed by atoms with E-state index >= 15 is 0 Å². The van der Waals surface area contributed by atoms with Crippen LogP contribution in [0.2, 0.25) is 0 Å². The number of ether oxygens (including phenoxy) is 2. The van der Waals surface area contributed by atoms with Crippen LogP contribution < -0.4 is 16.4 Å². The minimum Gasteiger partial charge on any atom is -0.393 e. The van der Waals surface area contributed by atoms with Gasteiger partial charge in [0.1, 0.15) is 12.4 Å². The lowest BCUT2D eigenvalue weighted by Gasteiger charge is -2.46. The van der Waals surface area contributed by atoms with Crippen LogP contribution in [0.25, 0.3) is 0 Å². The predicted octanol–water partition coefficient (Wildman–Crippen LogP) is 0.157. The number of nitro benzene ring substituents is 1. The first-order valence-electron chi connectivity index (χ1n) is 16.0. The van der Waals surface area contributed by atoms with Crippen molar-refractivity contribution in [3.63, 3.8) is 0 Å². The summed E-state index contributed by atoms with van der Waals surface area (Å²) in [7, 11) is 3.51. The topological polar surface area (TPSA) is 222 Å². The first kappa shape index (κ1) is 36.2. The number of nitro groups is 1. The number of benzene rings is 1. The SMILES string of the molecule is CN=C(N)NCOCN[C@H]1CCC(=O)N([C@@H]2C[C@H](SC3=C(C(=O)OC(=O)c4ccc([N+](=O)[O-])cc4)N4C(=O)[C@H]([C@@H](C)O)[C@H]4[C@H]3C)CN2C)C1. The van der Waals surface area contributed by atoms with Crippen LogP contribution in [0.4, 0.5) is 5.69 Å². The Balaban J connectivity index is 1.28. The molecule has 7 atom stereocenters. The number of likely N-dealkylation sites (tertiary alicyclic amines) is 2. The molecule has 0 aliphatic carbocycles. The lowest BCUT2D eigenvalue weighted by Crippen LogP contribution is -2.63. The van der Waals surface area contributed by atoms with E-state index in [2.05, 4.69) is 20.5 Å². The molecule has 17 nitrogen and oxygen atoms in total. The summed E-state index contributed by atoms with van der Waals surface area (Å²) in [6.07, 6.45) is 0.502. The second kappa shape index (κ2) is 15.2. The van der Waals surface area contributed by atoms with Crippen molar-refractivity contribution in [1.82, 2.24) is 25.3 Å². The molecule has 4 heterocycles. The van der Waals surface area contributed by atoms with Gasteiger partial charge < -0.3 is 35.4 Å². The number of hydrogen-bond acceptors (Lipinski definition) is 13. The molecule has 4 aliphatic rings. The van der Waals surface area contributed by atoms with E-state index in [1.165, 1.54) is 35.7 Å². The van der Waals surface area contributed by atoms with Gasteiger partial charge in [-0.25, -0.2) is 9.59 Å². The van der Waals surface area contributed by atoms with Gasteiger partial charge in [0.25, 0.3) is 5.69 Å². The largest absolute Gasteiger partial charge is 0.393 e. The van der Waals surface area contributed by atoms with Crippen LogP contribution >= 0.6 is 11.8 Å². The van der Waals surface area contributed by atoms with Crippen LogP contribution in [0, 0.1) is 22.0 Å². The van der Waals surface area contributed by atoms with Gasteiger partial charge in [-0.3, -0.25) is 34.9 Å². The molecule has 5 rings (SSSR count). The van der Waals surface area contributed by atoms with Crippen molar-refractivity contribution in [2.24, 2.45) is 22.6 Å². The fourth-order valence-corrected chi connectivity index (χ4v) is 8.49. The maximum Gasteiger partial charge on any atom is 0.363 e. The summed E-state index contributed by atoms with van der Waals surface area (Å²) >= 11 is 1.42. The molecule has 2 amide bonds. The summed E-state index contributed by atoms with van der Waals surface area (Å²) in [5.74, 6) is -3.18. The van der Waals surface area contributed by atoms with Crippen molar-refractivity contribution < 1.29 is 38.7 Å². The average molecular weight is 703 g/mol. The van der Waals surface area contributed by atoms with E-state index in [1.54, 1.807) is 7.05 Å². The molecule has 49 heavy (non-hydrogen) atoms. The highest BCUT2D eigenvalue weighted by molar-refractivity contribution is 8.03. The number of esters is 2. The third-order valence-electron chi connectivity index (χ3n) is 9.44. The standard InChI is InChI=1S/C31H42N8O9S/c1-16-25-24(17(2)40)28(42)38(25)26(30(44)48-29(43)18-5-8-20(9-6-18)39(45)46)27(16)49-21-11-22(36(4)13-21)37-12-19(7-10-23(37)41)34-14-47-15-35-31(32)33-3/h5-6,8-9,16-17,19,21-22,24-25,34,40H,7,10-15H2,1-4H3,(H3,32,33,35)/t16-,17-,19+,21+,22-,24-,25-/m1/s1. The van der Waals surface area contributed by atoms with E-state index in [1.807, 2.05) is 18.9 Å². The molecule has 3 fully saturated rings. The van der Waals surface area contributed by atoms with Gasteiger partial charge in [0.2, 0.25) is 11.8 Å². The van der Waals surface area contributed by atoms with Crippen LogP contribution in [0.5, 0.6) is 0 Å². The van der Waals surface area contributed by atoms with Crippen molar-refractivity contribution in [1.29, 1.82) is 0 Å². The van der Waals surface area contributed by atoms with Crippen molar-refractivity contribution in [2.75, 3.05) is 40.6 Å². The summed E-state index contributed by atoms with van der Waals surface area (Å²) < 4.78 is 10.7. The first-order valence-corrected chi connectivity index (χ1v) is 16.9. The molecule has 0 spiro atoms. The number of nitrogens with two attached hydrogens (primary N) is 1. The summed E-state index contributed by atoms with van der Waals surface area (Å²) in [5.41, 5.74) is 5.28. The van der Waals surface area contributed by atoms with Gasteiger partial charge in [-0.2, -0.15) is 0 Å². The van der Waals surface area contributed by atoms with Gasteiger partial charge in [-0.1, -0.05) is 6.92 Å². The number of thioether (sulfide) groups is 1. The summed E-state index contributed by atoms with van der Waals surface area (Å²) in [6, 6.07) is 4.18. The number of rotatable bonds is 12. The van der Waals surface area contributed by atoms with E-state index < -0.39 is 40.8 Å². The van der Waals surface area contributed by atoms with E-state index in [-0.39, 0.29) is 65.7 Å². The summed E-state index contributed by atoms with van der Waals surface area (Å²) in [5, 5.41) is 27.4. The molecule has 18 heteroatoms. The Bertz CT molecular complexity index is 1540. The van der Waals surface area contributed by atoms with Crippen molar-refractivity contribution >= 4 is 47.2 Å². The number of piperidine rings is 1. The number of nitrogens with one attached hydrogen (secondary N) is 2. The molecule has 266 valence electrons. The Morgan fingerprint density at radius 3 is 2.57 bits per heavy atom. The Morgan fingerprint density at radius 2 is 1.92 bits per heavy atom. The number of carbonyl (C=O) groups is 4. The number of guanidine groups is 1. The first-order chi connectivity index (χ1) is 23.3. The summed E-state index contributed by atoms with van der Waals surface area (Å²) in [6.45, 7) is 4.93. The Morgan fingerprint density at radius 1 is 1.20 bits per heavy atom. The Kier molecular flexibility index (Phi) is 11.2. The molecule has 4 aliphatic heterocycles. The van der Waals surface area contributed by atoms with Crippen LogP contribution in [0.3, 0.4) is 0 Å². The second-order valence-electron chi connectivity index (χ2n) is 12.6. The van der Waals surface area contributed by atoms with E-state index in [0.717, 1.165) is 12.1 Å². The molecule has 5 N–H and O–H groups in total. The molecule has 1 aromatic rings. The highest BCUT2D eigenvalue weighted by Crippen LogP contribution is 2.52. The molecule has 3 saturated heterocycles. The van der Waals surface area contributed by atoms with Gasteiger partial charge in [-0.05, 0) is 38.9 Å². The lowest BCUT2D eigenvalue weighted by atomic mass is 9.79. The highest BCUT2D eigenvalue weighted by Gasteiger charge is 2.60. The van der Waals surface area contributed by atoms with E-state index in [4.69, 9.17) is 15.2 Å². The number of aliphatic hydroxyl groups excluding tert-OH is 1. The van der Waals surface area contributed by atoms with Crippen LogP contribution in [-0.2, 0) is 23.9 Å². The molecule has 0 unspecified atom stereocenters. The molecule has 0 saturated carbocycles. The Hall–Kier alpha value is -4.10. The number of non-ortho nitro benzene ring substituents is 1. The van der Waals surface area contributed by atoms with Gasteiger partial charge in [-0.15, -0.1) is 11.8 Å². The Labute approximate surface area is 287 Å². The number of fused-ring (bicyclic) bond motifs is 1. The third kappa shape index (κ3) is 7.57. The minimum absolute atomic E-state index is 0.0223. The molecular formula is C31H42N8O9S. The fourth-order valence-electron chi connectivity index (χ4n) is 6.90. The zero-order valence-electron chi connectivity index (χ0n) is 27.7. The number of nitrogens with zero attached hydrogens (tertiary/aromatic N) is 5. The number of aliphatic hydroxyl groups is 1. The van der Waals surface area contributed by atoms with Gasteiger partial charge >= 0.3 is 11.9 Å². The zero-order chi connectivity index (χ0) is 35.6. The lowest BCUT2D eigenvalue weighted by molar-refractivity contribution is -0.384. The molecule has 0 radical (unpaired) electrons. The smallest absolute Gasteiger partial charge is 0.363 e. The minimum atomic E-state index is -1.01. The second-order valence-corrected chi connectivity index (χ2v) is 13.9. The number of aliphatic imine (C=N–C) groups is 1. The average Bonchev–Trinajstić information content (AvgIpc) is 3.54. The maximum absolute atomic E-state index is 13.6. The van der Waals surface area contributed by atoms with Gasteiger partial charge in [0.15, 0.2) is 5.96 Å². The van der Waals surface area contributed by atoms with E-state index in [9.17, 15) is 34.4 Å². The maximum atomic E-state index is 13.6. The zero-order valence-corrected chi connectivity index (χ0v) is 28.6. The molecular weight excluding hydrogens is 660 g/mol. The number of amides is 2. The monoisotopic (exact) mass is 702 g/mol. The molecule has 1 aromatic carbocycles. The number of hydrogen-bond donors (Lipinski definition) is 4. The van der Waals surface area contributed by atoms with Crippen LogP contribution in [0.1, 0.15) is 43.5 Å². The third-order valence-corrected chi connectivity index (χ3v) is 10.9. The van der Waals surface area contributed by atoms with Crippen molar-refractivity contribution in [3.05, 3.63) is 50.5 Å². The van der Waals surface area contributed by atoms with E-state index in [0.29, 0.717) is 37.3 Å². The molecule has 0 aromatic heterocycles. The fraction of sp³-hybridized carbons (Fsp3) is 0.581. The quantitative estimate of drug-likeness (QED) is 0.0262. The van der Waals surface area contributed by atoms with Crippen LogP contribution in [0.15, 0.2) is 39.9 Å². The predicted molar refractivity (Wildman–Crippen MR) is 177 cm³/mol. The molecule has 0 bridgehead atoms. The van der Waals surface area contributed by atoms with Crippen LogP contribution in [-0.4, -0.2) is 125 Å². The highest BCUT2D eigenvalue weighted by atomic mass is 32.2. The van der Waals surface area contributed by atoms with Gasteiger partial charge in [0.05, 0.1) is 41.4 Å². The normalized spacial score (nSPS) is 28.0. The van der Waals surface area contributed by atoms with Crippen molar-refractivity contribution in [2.45, 2.75) is 62.7 Å². The summed E-state index contributed by atoms with van der Waals surface area (Å²) in [4.78, 5) is 72.8.